The standard InChI is InChI=1S/C13H9ClFN3O3/c1-7-4-5-16-12(14)11(7)17-13(19)9-6-8(18(20)21)2-3-10(9)15/h2-6H,1H3,(H,17,19). The highest BCUT2D eigenvalue weighted by atomic mass is 35.5. The van der Waals surface area contributed by atoms with E-state index in [-0.39, 0.29) is 16.5 Å². The monoisotopic (exact) mass is 309 g/mol. The van der Waals surface area contributed by atoms with Crippen molar-refractivity contribution in [3.63, 3.8) is 0 Å². The molecule has 108 valence electrons. The maximum Gasteiger partial charge on any atom is 0.270 e. The summed E-state index contributed by atoms with van der Waals surface area (Å²) in [5, 5.41) is 13.1. The van der Waals surface area contributed by atoms with Crippen LogP contribution in [0.3, 0.4) is 0 Å². The second-order valence-corrected chi connectivity index (χ2v) is 4.53. The van der Waals surface area contributed by atoms with Crippen molar-refractivity contribution in [3.8, 4) is 0 Å². The topological polar surface area (TPSA) is 85.1 Å². The van der Waals surface area contributed by atoms with E-state index < -0.39 is 22.2 Å². The van der Waals surface area contributed by atoms with Gasteiger partial charge in [0.05, 0.1) is 16.2 Å². The van der Waals surface area contributed by atoms with Crippen molar-refractivity contribution < 1.29 is 14.1 Å². The number of pyridine rings is 1. The summed E-state index contributed by atoms with van der Waals surface area (Å²) in [4.78, 5) is 25.8. The van der Waals surface area contributed by atoms with Crippen LogP contribution >= 0.6 is 11.6 Å². The molecule has 1 heterocycles. The summed E-state index contributed by atoms with van der Waals surface area (Å²) in [5.41, 5.74) is 0.0448. The Morgan fingerprint density at radius 2 is 2.14 bits per heavy atom. The van der Waals surface area contributed by atoms with Gasteiger partial charge in [-0.2, -0.15) is 0 Å². The predicted molar refractivity (Wildman–Crippen MR) is 75.0 cm³/mol. The Hall–Kier alpha value is -2.54. The number of halogens is 2. The Balaban J connectivity index is 2.37. The quantitative estimate of drug-likeness (QED) is 0.535. The van der Waals surface area contributed by atoms with Crippen molar-refractivity contribution in [2.75, 3.05) is 5.32 Å². The molecule has 1 aromatic carbocycles. The number of amides is 1. The number of hydrogen-bond donors (Lipinski definition) is 1. The van der Waals surface area contributed by atoms with E-state index in [1.807, 2.05) is 0 Å². The molecule has 0 aliphatic rings. The number of nitrogens with zero attached hydrogens (tertiary/aromatic N) is 2. The van der Waals surface area contributed by atoms with Gasteiger partial charge < -0.3 is 5.32 Å². The highest BCUT2D eigenvalue weighted by Gasteiger charge is 2.18. The Morgan fingerprint density at radius 1 is 1.43 bits per heavy atom. The molecule has 6 nitrogen and oxygen atoms in total. The predicted octanol–water partition coefficient (Wildman–Crippen LogP) is 3.34. The molecule has 0 bridgehead atoms. The lowest BCUT2D eigenvalue weighted by Crippen LogP contribution is -2.15. The molecule has 2 rings (SSSR count). The van der Waals surface area contributed by atoms with Crippen LogP contribution in [0.1, 0.15) is 15.9 Å². The zero-order valence-electron chi connectivity index (χ0n) is 10.8. The first-order valence-corrected chi connectivity index (χ1v) is 6.14. The van der Waals surface area contributed by atoms with Gasteiger partial charge in [0.1, 0.15) is 5.82 Å². The van der Waals surface area contributed by atoms with Crippen molar-refractivity contribution in [3.05, 3.63) is 62.7 Å². The Labute approximate surface area is 123 Å². The third-order valence-corrected chi connectivity index (χ3v) is 3.04. The number of anilines is 1. The van der Waals surface area contributed by atoms with E-state index in [4.69, 9.17) is 11.6 Å². The van der Waals surface area contributed by atoms with E-state index in [1.54, 1.807) is 13.0 Å². The Bertz CT molecular complexity index is 716. The van der Waals surface area contributed by atoms with Crippen LogP contribution in [-0.4, -0.2) is 15.8 Å². The number of carbonyl (C=O) groups excluding carboxylic acids is 1. The average Bonchev–Trinajstić information content (AvgIpc) is 2.43. The SMILES string of the molecule is Cc1ccnc(Cl)c1NC(=O)c1cc([N+](=O)[O-])ccc1F. The first-order valence-electron chi connectivity index (χ1n) is 5.76. The number of benzene rings is 1. The van der Waals surface area contributed by atoms with Crippen molar-refractivity contribution in [1.82, 2.24) is 4.98 Å². The first kappa shape index (κ1) is 14.9. The number of rotatable bonds is 3. The maximum atomic E-state index is 13.7. The van der Waals surface area contributed by atoms with Gasteiger partial charge >= 0.3 is 0 Å². The fourth-order valence-electron chi connectivity index (χ4n) is 1.66. The van der Waals surface area contributed by atoms with E-state index in [2.05, 4.69) is 10.3 Å². The minimum absolute atomic E-state index is 0.0502. The minimum Gasteiger partial charge on any atom is -0.319 e. The van der Waals surface area contributed by atoms with Crippen LogP contribution in [0.4, 0.5) is 15.8 Å². The molecule has 1 N–H and O–H groups in total. The van der Waals surface area contributed by atoms with Gasteiger partial charge in [0, 0.05) is 18.3 Å². The molecule has 8 heteroatoms. The average molecular weight is 310 g/mol. The highest BCUT2D eigenvalue weighted by Crippen LogP contribution is 2.24. The number of nitro benzene ring substituents is 1. The maximum absolute atomic E-state index is 13.7. The van der Waals surface area contributed by atoms with Gasteiger partial charge in [-0.05, 0) is 24.6 Å². The van der Waals surface area contributed by atoms with E-state index in [0.717, 1.165) is 18.2 Å². The van der Waals surface area contributed by atoms with Gasteiger partial charge in [-0.3, -0.25) is 14.9 Å². The molecule has 0 unspecified atom stereocenters. The number of nitro groups is 1. The molecule has 0 aliphatic heterocycles. The molecule has 2 aromatic rings. The lowest BCUT2D eigenvalue weighted by molar-refractivity contribution is -0.384. The molecule has 0 saturated carbocycles. The van der Waals surface area contributed by atoms with E-state index >= 15 is 0 Å². The van der Waals surface area contributed by atoms with E-state index in [0.29, 0.717) is 5.56 Å². The second kappa shape index (κ2) is 5.84. The van der Waals surface area contributed by atoms with Gasteiger partial charge in [0.25, 0.3) is 11.6 Å². The summed E-state index contributed by atoms with van der Waals surface area (Å²) in [5.74, 6) is -1.70. The summed E-state index contributed by atoms with van der Waals surface area (Å²) in [6, 6.07) is 4.33. The fourth-order valence-corrected chi connectivity index (χ4v) is 1.91. The number of non-ortho nitro benzene ring substituents is 1. The molecular weight excluding hydrogens is 301 g/mol. The number of hydrogen-bond acceptors (Lipinski definition) is 4. The smallest absolute Gasteiger partial charge is 0.270 e. The molecule has 1 aromatic heterocycles. The van der Waals surface area contributed by atoms with Crippen molar-refractivity contribution in [2.45, 2.75) is 6.92 Å². The van der Waals surface area contributed by atoms with Crippen molar-refractivity contribution >= 4 is 28.9 Å². The summed E-state index contributed by atoms with van der Waals surface area (Å²) >= 11 is 5.85. The lowest BCUT2D eigenvalue weighted by Gasteiger charge is -2.09. The van der Waals surface area contributed by atoms with Gasteiger partial charge in [-0.15, -0.1) is 0 Å². The minimum atomic E-state index is -0.865. The summed E-state index contributed by atoms with van der Waals surface area (Å²) < 4.78 is 13.7. The molecule has 0 aliphatic carbocycles. The number of carbonyl (C=O) groups is 1. The van der Waals surface area contributed by atoms with Crippen LogP contribution < -0.4 is 5.32 Å². The van der Waals surface area contributed by atoms with Gasteiger partial charge in [0.15, 0.2) is 5.15 Å². The molecule has 0 saturated heterocycles. The molecule has 1 amide bonds. The number of nitrogens with one attached hydrogen (secondary N) is 1. The highest BCUT2D eigenvalue weighted by molar-refractivity contribution is 6.32. The second-order valence-electron chi connectivity index (χ2n) is 4.17. The van der Waals surface area contributed by atoms with Crippen LogP contribution in [0, 0.1) is 22.9 Å². The molecular formula is C13H9ClFN3O3. The van der Waals surface area contributed by atoms with Crippen LogP contribution in [0.25, 0.3) is 0 Å². The third kappa shape index (κ3) is 3.14. The largest absolute Gasteiger partial charge is 0.319 e. The van der Waals surface area contributed by atoms with E-state index in [9.17, 15) is 19.3 Å². The van der Waals surface area contributed by atoms with Crippen LogP contribution in [0.5, 0.6) is 0 Å². The Morgan fingerprint density at radius 3 is 2.76 bits per heavy atom. The zero-order chi connectivity index (χ0) is 15.6. The molecule has 21 heavy (non-hydrogen) atoms. The van der Waals surface area contributed by atoms with Gasteiger partial charge in [-0.1, -0.05) is 11.6 Å². The first-order chi connectivity index (χ1) is 9.90. The summed E-state index contributed by atoms with van der Waals surface area (Å²) in [6.07, 6.45) is 1.46. The molecule has 0 fully saturated rings. The summed E-state index contributed by atoms with van der Waals surface area (Å²) in [7, 11) is 0. The van der Waals surface area contributed by atoms with E-state index in [1.165, 1.54) is 6.20 Å². The third-order valence-electron chi connectivity index (χ3n) is 2.76. The normalized spacial score (nSPS) is 10.2. The lowest BCUT2D eigenvalue weighted by atomic mass is 10.1. The van der Waals surface area contributed by atoms with Crippen molar-refractivity contribution in [2.24, 2.45) is 0 Å². The summed E-state index contributed by atoms with van der Waals surface area (Å²) in [6.45, 7) is 1.69. The zero-order valence-corrected chi connectivity index (χ0v) is 11.5. The van der Waals surface area contributed by atoms with Gasteiger partial charge in [0.2, 0.25) is 0 Å². The van der Waals surface area contributed by atoms with Crippen LogP contribution in [0.2, 0.25) is 5.15 Å². The van der Waals surface area contributed by atoms with Crippen molar-refractivity contribution in [1.29, 1.82) is 0 Å². The van der Waals surface area contributed by atoms with Crippen LogP contribution in [-0.2, 0) is 0 Å². The van der Waals surface area contributed by atoms with Crippen LogP contribution in [0.15, 0.2) is 30.5 Å². The van der Waals surface area contributed by atoms with Gasteiger partial charge in [-0.25, -0.2) is 9.37 Å². The Kier molecular flexibility index (Phi) is 4.13. The molecule has 0 atom stereocenters. The molecule has 0 radical (unpaired) electrons. The number of aromatic nitrogens is 1. The molecule has 0 spiro atoms. The fraction of sp³-hybridized carbons (Fsp3) is 0.0769. The number of aryl methyl sites for hydroxylation is 1.